The van der Waals surface area contributed by atoms with E-state index in [-0.39, 0.29) is 19.4 Å². The van der Waals surface area contributed by atoms with E-state index in [0.29, 0.717) is 24.2 Å². The number of hydrogen-bond acceptors (Lipinski definition) is 11. The largest absolute Gasteiger partial charge is 0.444 e. The maximum Gasteiger partial charge on any atom is 0.411 e. The Morgan fingerprint density at radius 3 is 2.12 bits per heavy atom. The number of carbonyl (C=O) groups excluding carboxylic acids is 6. The summed E-state index contributed by atoms with van der Waals surface area (Å²) in [5.41, 5.74) is 1.94. The highest BCUT2D eigenvalue weighted by molar-refractivity contribution is 7.91. The summed E-state index contributed by atoms with van der Waals surface area (Å²) < 4.78 is 38.4. The molecule has 0 aromatic heterocycles. The number of alkyl carbamates (subject to hydrolysis) is 1. The van der Waals surface area contributed by atoms with Gasteiger partial charge in [0.15, 0.2) is 0 Å². The van der Waals surface area contributed by atoms with Crippen LogP contribution in [-0.4, -0.2) is 90.4 Å². The summed E-state index contributed by atoms with van der Waals surface area (Å²) in [6.07, 6.45) is 1.29. The highest BCUT2D eigenvalue weighted by Gasteiger charge is 2.62. The summed E-state index contributed by atoms with van der Waals surface area (Å²) in [5, 5.41) is 7.40. The van der Waals surface area contributed by atoms with Crippen molar-refractivity contribution in [2.45, 2.75) is 129 Å². The van der Waals surface area contributed by atoms with Gasteiger partial charge in [-0.3, -0.25) is 24.4 Å². The van der Waals surface area contributed by atoms with E-state index in [9.17, 15) is 37.2 Å². The van der Waals surface area contributed by atoms with Crippen molar-refractivity contribution in [3.8, 4) is 0 Å². The number of hydrogen-bond donors (Lipinski definition) is 4. The summed E-state index contributed by atoms with van der Waals surface area (Å²) in [6.45, 7) is 21.5. The summed E-state index contributed by atoms with van der Waals surface area (Å²) in [5.74, 6) is -2.82. The molecule has 2 aromatic carbocycles. The third-order valence-corrected chi connectivity index (χ3v) is 12.5. The topological polar surface area (TPSA) is 219 Å². The van der Waals surface area contributed by atoms with Crippen molar-refractivity contribution in [1.29, 1.82) is 0 Å². The van der Waals surface area contributed by atoms with Gasteiger partial charge in [-0.2, -0.15) is 4.99 Å². The molecule has 1 heterocycles. The van der Waals surface area contributed by atoms with Crippen LogP contribution in [0.15, 0.2) is 54.0 Å². The summed E-state index contributed by atoms with van der Waals surface area (Å²) in [6, 6.07) is 8.66. The van der Waals surface area contributed by atoms with Gasteiger partial charge in [-0.1, -0.05) is 51.1 Å². The second kappa shape index (κ2) is 18.4. The number of nitrogens with one attached hydrogen (secondary N) is 4. The van der Waals surface area contributed by atoms with Gasteiger partial charge >= 0.3 is 12.2 Å². The zero-order valence-corrected chi connectivity index (χ0v) is 36.9. The van der Waals surface area contributed by atoms with Gasteiger partial charge in [0.2, 0.25) is 27.9 Å². The van der Waals surface area contributed by atoms with Crippen molar-refractivity contribution in [3.05, 3.63) is 71.3 Å². The van der Waals surface area contributed by atoms with Gasteiger partial charge in [0.1, 0.15) is 29.3 Å². The van der Waals surface area contributed by atoms with Crippen molar-refractivity contribution >= 4 is 57.4 Å². The number of benzene rings is 2. The van der Waals surface area contributed by atoms with Gasteiger partial charge in [0, 0.05) is 18.0 Å². The SMILES string of the molecule is C=CC1C[C@]1(NC(=O)[C@@H]1C[C@@H](OC(=O)Nc2cccc(C)c2C)CN1C(=O)[C@@H](NC(=O)OC(C)(C)C)C(C)(C)C)C(=O)NS(=O)(=O)C1CC1.Cc1cccc(N=C=O)c1C. The number of nitrogens with zero attached hydrogens (tertiary/aromatic N) is 2. The molecule has 3 fully saturated rings. The molecular formula is C43H58N6O10S. The van der Waals surface area contributed by atoms with Crippen LogP contribution in [0.2, 0.25) is 0 Å². The van der Waals surface area contributed by atoms with E-state index in [4.69, 9.17) is 9.47 Å². The molecule has 5 atom stereocenters. The molecule has 1 unspecified atom stereocenters. The smallest absolute Gasteiger partial charge is 0.411 e. The lowest BCUT2D eigenvalue weighted by Crippen LogP contribution is -2.60. The third-order valence-electron chi connectivity index (χ3n) is 10.7. The Labute approximate surface area is 352 Å². The molecule has 1 saturated heterocycles. The molecule has 0 bridgehead atoms. The number of anilines is 1. The average Bonchev–Trinajstić information content (AvgIpc) is 4.07. The molecule has 0 radical (unpaired) electrons. The first-order valence-electron chi connectivity index (χ1n) is 19.8. The van der Waals surface area contributed by atoms with Gasteiger partial charge in [0.25, 0.3) is 5.91 Å². The van der Waals surface area contributed by atoms with Crippen LogP contribution in [0, 0.1) is 39.0 Å². The first-order valence-corrected chi connectivity index (χ1v) is 21.4. The lowest BCUT2D eigenvalue weighted by atomic mass is 9.85. The minimum absolute atomic E-state index is 0.109. The van der Waals surface area contributed by atoms with Crippen LogP contribution < -0.4 is 20.7 Å². The van der Waals surface area contributed by atoms with Crippen LogP contribution >= 0.6 is 0 Å². The molecule has 326 valence electrons. The van der Waals surface area contributed by atoms with Crippen LogP contribution in [0.4, 0.5) is 21.0 Å². The highest BCUT2D eigenvalue weighted by Crippen LogP contribution is 2.45. The van der Waals surface area contributed by atoms with Crippen molar-refractivity contribution in [2.75, 3.05) is 11.9 Å². The number of carbonyl (C=O) groups is 5. The fourth-order valence-electron chi connectivity index (χ4n) is 6.72. The van der Waals surface area contributed by atoms with Gasteiger partial charge in [-0.15, -0.1) is 6.58 Å². The lowest BCUT2D eigenvalue weighted by Gasteiger charge is -2.36. The fourth-order valence-corrected chi connectivity index (χ4v) is 8.08. The van der Waals surface area contributed by atoms with Gasteiger partial charge in [-0.25, -0.2) is 22.8 Å². The van der Waals surface area contributed by atoms with Crippen LogP contribution in [0.25, 0.3) is 0 Å². The monoisotopic (exact) mass is 850 g/mol. The quantitative estimate of drug-likeness (QED) is 0.123. The number of amides is 5. The third kappa shape index (κ3) is 11.8. The molecule has 1 aliphatic heterocycles. The number of sulfonamides is 1. The summed E-state index contributed by atoms with van der Waals surface area (Å²) in [4.78, 5) is 82.2. The maximum absolute atomic E-state index is 14.3. The molecule has 60 heavy (non-hydrogen) atoms. The molecule has 3 aliphatic rings. The summed E-state index contributed by atoms with van der Waals surface area (Å²) >= 11 is 0. The Morgan fingerprint density at radius 2 is 1.57 bits per heavy atom. The van der Waals surface area contributed by atoms with E-state index >= 15 is 0 Å². The molecule has 0 spiro atoms. The molecule has 2 aliphatic carbocycles. The summed E-state index contributed by atoms with van der Waals surface area (Å²) in [7, 11) is -3.91. The molecule has 5 rings (SSSR count). The van der Waals surface area contributed by atoms with Gasteiger partial charge in [0.05, 0.1) is 17.5 Å². The second-order valence-electron chi connectivity index (χ2n) is 17.7. The molecule has 17 heteroatoms. The van der Waals surface area contributed by atoms with Gasteiger partial charge < -0.3 is 25.0 Å². The van der Waals surface area contributed by atoms with Crippen LogP contribution in [0.5, 0.6) is 0 Å². The number of isocyanates is 1. The van der Waals surface area contributed by atoms with Crippen molar-refractivity contribution in [2.24, 2.45) is 16.3 Å². The Kier molecular flexibility index (Phi) is 14.4. The van der Waals surface area contributed by atoms with E-state index < -0.39 is 85.8 Å². The highest BCUT2D eigenvalue weighted by atomic mass is 32.2. The van der Waals surface area contributed by atoms with E-state index in [2.05, 4.69) is 32.2 Å². The standard InChI is InChI=1S/C34H49N5O9S.C9H9NO/c1-10-21-17-34(21,29(42)38-49(45,46)23-14-15-23)37-27(40)25-16-22(47-30(43)35-24-13-11-12-19(2)20(24)3)18-39(25)28(41)26(32(4,5)6)36-31(44)48-33(7,8)9;1-7-4-3-5-9(8(7)2)10-6-11/h10-13,21-23,25-26H,1,14-18H2,2-9H3,(H,35,43)(H,36,44)(H,37,40)(H,38,42);3-5H,1-2H3/t21?,22-,25+,26-,34-;/m1./s1. The van der Waals surface area contributed by atoms with Crippen LogP contribution in [-0.2, 0) is 38.7 Å². The molecular weight excluding hydrogens is 793 g/mol. The lowest BCUT2D eigenvalue weighted by molar-refractivity contribution is -0.143. The second-order valence-corrected chi connectivity index (χ2v) is 19.7. The zero-order valence-electron chi connectivity index (χ0n) is 36.1. The zero-order chi connectivity index (χ0) is 45.0. The molecule has 2 saturated carbocycles. The van der Waals surface area contributed by atoms with Crippen LogP contribution in [0.3, 0.4) is 0 Å². The first-order chi connectivity index (χ1) is 27.8. The Bertz CT molecular complexity index is 2170. The van der Waals surface area contributed by atoms with E-state index in [0.717, 1.165) is 22.3 Å². The minimum atomic E-state index is -3.91. The Morgan fingerprint density at radius 1 is 0.950 bits per heavy atom. The first kappa shape index (κ1) is 47.1. The number of aliphatic imine (C=N–C) groups is 1. The predicted octanol–water partition coefficient (Wildman–Crippen LogP) is 5.70. The van der Waals surface area contributed by atoms with Crippen molar-refractivity contribution in [3.63, 3.8) is 0 Å². The average molecular weight is 851 g/mol. The number of rotatable bonds is 11. The molecule has 5 amide bonds. The van der Waals surface area contributed by atoms with Gasteiger partial charge in [-0.05, 0) is 108 Å². The normalized spacial score (nSPS) is 21.4. The molecule has 2 aromatic rings. The number of aryl methyl sites for hydroxylation is 2. The van der Waals surface area contributed by atoms with E-state index in [1.54, 1.807) is 59.7 Å². The molecule has 16 nitrogen and oxygen atoms in total. The number of likely N-dealkylation sites (tertiary alicyclic amines) is 1. The van der Waals surface area contributed by atoms with Crippen molar-refractivity contribution < 1.29 is 46.7 Å². The molecule has 4 N–H and O–H groups in total. The Hall–Kier alpha value is -5.54. The number of ether oxygens (including phenoxy) is 2. The minimum Gasteiger partial charge on any atom is -0.444 e. The van der Waals surface area contributed by atoms with Crippen molar-refractivity contribution in [1.82, 2.24) is 20.3 Å². The van der Waals surface area contributed by atoms with E-state index in [1.165, 1.54) is 17.1 Å². The fraction of sp³-hybridized carbons (Fsp3) is 0.535. The van der Waals surface area contributed by atoms with E-state index in [1.807, 2.05) is 45.9 Å². The predicted molar refractivity (Wildman–Crippen MR) is 225 cm³/mol. The Balaban J connectivity index is 0.000000624. The van der Waals surface area contributed by atoms with Crippen LogP contribution in [0.1, 0.15) is 89.5 Å². The maximum atomic E-state index is 14.3.